The summed E-state index contributed by atoms with van der Waals surface area (Å²) in [5, 5.41) is 150. The van der Waals surface area contributed by atoms with Crippen molar-refractivity contribution in [2.24, 2.45) is 5.73 Å². The second-order valence-electron chi connectivity index (χ2n) is 23.6. The smallest absolute Gasteiger partial charge is 0.295 e. The molecule has 0 unspecified atom stereocenters. The van der Waals surface area contributed by atoms with Crippen molar-refractivity contribution in [3.05, 3.63) is 172 Å². The molecule has 0 saturated carbocycles. The number of halogens is 4. The maximum absolute atomic E-state index is 12.7. The van der Waals surface area contributed by atoms with Gasteiger partial charge in [0.2, 0.25) is 20.0 Å². The summed E-state index contributed by atoms with van der Waals surface area (Å²) >= 11 is 13.3. The maximum atomic E-state index is 12.7. The van der Waals surface area contributed by atoms with Crippen molar-refractivity contribution in [3.63, 3.8) is 0 Å². The third kappa shape index (κ3) is 24.2. The Morgan fingerprint density at radius 3 is 1.20 bits per heavy atom. The molecule has 37 heteroatoms. The summed E-state index contributed by atoms with van der Waals surface area (Å²) in [6.07, 6.45) is -22.0. The number of H-pyrrole nitrogens is 1. The van der Waals surface area contributed by atoms with Gasteiger partial charge in [-0.15, -0.1) is 0 Å². The number of aromatic amines is 1. The molecule has 7 aromatic carbocycles. The first-order valence-electron chi connectivity index (χ1n) is 31.4. The lowest BCUT2D eigenvalue weighted by Gasteiger charge is -2.25. The number of sulfonamides is 2. The third-order valence-electron chi connectivity index (χ3n) is 16.3. The van der Waals surface area contributed by atoms with E-state index < -0.39 is 154 Å². The van der Waals surface area contributed by atoms with Gasteiger partial charge in [-0.25, -0.2) is 34.7 Å². The molecule has 0 radical (unpaired) electrons. The third-order valence-corrected chi connectivity index (χ3v) is 21.9. The Labute approximate surface area is 631 Å². The molecule has 0 bridgehead atoms. The van der Waals surface area contributed by atoms with Crippen molar-refractivity contribution in [1.82, 2.24) is 19.4 Å². The molecule has 16 atom stereocenters. The number of rotatable bonds is 28. The van der Waals surface area contributed by atoms with Crippen LogP contribution in [0.3, 0.4) is 0 Å². The van der Waals surface area contributed by atoms with Gasteiger partial charge in [-0.2, -0.15) is 4.98 Å². The minimum Gasteiger partial charge on any atom is -0.456 e. The van der Waals surface area contributed by atoms with Gasteiger partial charge in [0.05, 0.1) is 82.1 Å². The predicted octanol–water partition coefficient (Wildman–Crippen LogP) is 1.06. The first-order valence-corrected chi connectivity index (χ1v) is 38.7. The van der Waals surface area contributed by atoms with Crippen LogP contribution in [0.5, 0.6) is 6.01 Å². The number of hydrogen-bond donors (Lipinski definition) is 20. The molecule has 2 aliphatic heterocycles. The van der Waals surface area contributed by atoms with Gasteiger partial charge in [0.1, 0.15) is 73.2 Å². The van der Waals surface area contributed by atoms with Gasteiger partial charge in [0.25, 0.3) is 15.1 Å². The molecule has 2 saturated heterocycles. The minimum atomic E-state index is -4.09. The number of benzene rings is 7. The van der Waals surface area contributed by atoms with Crippen molar-refractivity contribution in [2.75, 3.05) is 52.7 Å². The van der Waals surface area contributed by atoms with Gasteiger partial charge in [0, 0.05) is 44.8 Å². The molecule has 0 spiro atoms. The molecule has 105 heavy (non-hydrogen) atoms. The summed E-state index contributed by atoms with van der Waals surface area (Å²) in [5.41, 5.74) is 13.1. The zero-order valence-electron chi connectivity index (χ0n) is 54.5. The second kappa shape index (κ2) is 40.2. The summed E-state index contributed by atoms with van der Waals surface area (Å²) in [7, 11) is -6.45. The number of nitrogens with two attached hydrogens (primary N) is 1. The number of nitrogens with zero attached hydrogens (tertiary/aromatic N) is 1. The lowest BCUT2D eigenvalue weighted by molar-refractivity contribution is -0.113. The summed E-state index contributed by atoms with van der Waals surface area (Å²) < 4.78 is 95.8. The van der Waals surface area contributed by atoms with Crippen LogP contribution in [-0.4, -0.2) is 267 Å². The Hall–Kier alpha value is -5.64. The lowest BCUT2D eigenvalue weighted by atomic mass is 10.00. The quantitative estimate of drug-likeness (QED) is 0.0305. The fourth-order valence-corrected chi connectivity index (χ4v) is 13.9. The Bertz CT molecular complexity index is 4350. The van der Waals surface area contributed by atoms with E-state index in [0.717, 1.165) is 53.5 Å². The van der Waals surface area contributed by atoms with Crippen molar-refractivity contribution in [3.8, 4) is 50.5 Å². The molecule has 10 rings (SSSR count). The van der Waals surface area contributed by atoms with Gasteiger partial charge < -0.3 is 107 Å². The molecule has 2 aliphatic rings. The molecule has 0 amide bonds. The maximum Gasteiger partial charge on any atom is 0.295 e. The topological polar surface area (TPSA) is 533 Å². The van der Waals surface area contributed by atoms with Crippen LogP contribution in [-0.2, 0) is 38.6 Å². The van der Waals surface area contributed by atoms with Crippen molar-refractivity contribution in [1.29, 1.82) is 0 Å². The summed E-state index contributed by atoms with van der Waals surface area (Å²) in [6, 6.07) is 45.3. The number of nitrogens with one attached hydrogen (secondary N) is 3. The molecule has 3 heterocycles. The Morgan fingerprint density at radius 1 is 0.495 bits per heavy atom. The second-order valence-corrected chi connectivity index (χ2v) is 32.0. The number of aromatic nitrogens is 2. The van der Waals surface area contributed by atoms with E-state index in [9.17, 15) is 71.2 Å². The van der Waals surface area contributed by atoms with Gasteiger partial charge >= 0.3 is 0 Å². The van der Waals surface area contributed by atoms with Crippen LogP contribution >= 0.6 is 54.1 Å². The Morgan fingerprint density at radius 2 is 0.829 bits per heavy atom. The fraction of sp³-hybridized carbons (Fsp3) is 0.368. The summed E-state index contributed by atoms with van der Waals surface area (Å²) in [5.74, 6) is 0. The van der Waals surface area contributed by atoms with E-state index in [1.165, 1.54) is 36.4 Å². The van der Waals surface area contributed by atoms with Gasteiger partial charge in [-0.1, -0.05) is 136 Å². The van der Waals surface area contributed by atoms with E-state index in [2.05, 4.69) is 51.3 Å². The standard InChI is InChI=1S/C31H34ClN3O11S.C18H22BrNO7S.C12H8BrClO2S.C6H15NO5.CH4/c32-20-10-22-21(34-31(35-22)46-26-14-45-29-25(39)13-44-30(26)29)9-19(20)17-3-1-15(2-4-17)16-5-7-18(8-6-16)47(42,43)33-11-23(37)27(40)28(41)24(38)12-36;19-13-5-1-11(2-6-13)12-3-7-14(8-4-12)28(26,27)20-9-15(22)17(24)18(25)16(23)10-21;13-11-5-1-9(2-6-11)10-3-7-12(8-4-10)17(14,15)16;7-1-3(9)5(11)6(12)4(10)2-8;/h1-10,23-30,33,36-41H,11-14H2,(H,34,35);1-8,15-18,20-25H,9-10H2;1-8H;3-6,8-12H,1-2,7H2;1H4/t23-,24+,25+,26+,27+,28+,29+,30+;15-,16+,17+,18+;;3-,4+,5+,6+;/m00.0./s1. The Balaban J connectivity index is 0.000000251. The van der Waals surface area contributed by atoms with E-state index in [-0.39, 0.29) is 54.0 Å². The molecule has 8 aromatic rings. The highest BCUT2D eigenvalue weighted by atomic mass is 79.9. The van der Waals surface area contributed by atoms with Crippen LogP contribution in [0.4, 0.5) is 0 Å². The van der Waals surface area contributed by atoms with Crippen LogP contribution < -0.4 is 19.9 Å². The monoisotopic (exact) mass is 1690 g/mol. The van der Waals surface area contributed by atoms with E-state index in [1.807, 2.05) is 78.9 Å². The highest BCUT2D eigenvalue weighted by Gasteiger charge is 2.49. The zero-order valence-corrected chi connectivity index (χ0v) is 61.6. The lowest BCUT2D eigenvalue weighted by Crippen LogP contribution is -2.49. The van der Waals surface area contributed by atoms with Gasteiger partial charge in [-0.05, 0) is 112 Å². The Kier molecular flexibility index (Phi) is 33.8. The SMILES string of the molecule is C.NC[C@H](O)[C@@H](O)[C@H](O)[C@H](O)CO.O=S(=O)(Cl)c1ccc(-c2ccc(Br)cc2)cc1.O=S(=O)(NC[C@H](O)[C@@H](O)[C@H](O)[C@H](O)CO)c1ccc(-c2ccc(-c3cc4nc(O[C@@H]5CO[C@H]6[C@@H]5OC[C@H]6O)[nH]c4cc3Cl)cc2)cc1.O=S(=O)(NC[C@H](O)[C@@H](O)[C@H](O)[C@H](O)CO)c1ccc(-c2ccc(Br)cc2)cc1. The molecule has 30 nitrogen and oxygen atoms in total. The average Bonchev–Trinajstić information content (AvgIpc) is 1.69. The van der Waals surface area contributed by atoms with Crippen molar-refractivity contribution >= 4 is 94.3 Å². The van der Waals surface area contributed by atoms with Crippen molar-refractivity contribution < 1.29 is 121 Å². The number of ether oxygens (including phenoxy) is 3. The zero-order chi connectivity index (χ0) is 76.5. The van der Waals surface area contributed by atoms with Crippen LogP contribution in [0.2, 0.25) is 5.02 Å². The summed E-state index contributed by atoms with van der Waals surface area (Å²) in [4.78, 5) is 7.66. The van der Waals surface area contributed by atoms with Crippen LogP contribution in [0.1, 0.15) is 7.43 Å². The largest absolute Gasteiger partial charge is 0.456 e. The van der Waals surface area contributed by atoms with Crippen molar-refractivity contribution in [2.45, 2.75) is 120 Å². The van der Waals surface area contributed by atoms with Crippen LogP contribution in [0.15, 0.2) is 181 Å². The molecule has 21 N–H and O–H groups in total. The number of hydrogen-bond acceptors (Lipinski definition) is 27. The van der Waals surface area contributed by atoms with Gasteiger partial charge in [-0.3, -0.25) is 0 Å². The van der Waals surface area contributed by atoms with E-state index in [4.69, 9.17) is 78.0 Å². The normalized spacial score (nSPS) is 19.3. The molecule has 0 aliphatic carbocycles. The fourth-order valence-electron chi connectivity index (χ4n) is 10.2. The number of aliphatic hydroxyl groups is 16. The van der Waals surface area contributed by atoms with E-state index >= 15 is 0 Å². The van der Waals surface area contributed by atoms with Crippen LogP contribution in [0, 0.1) is 0 Å². The van der Waals surface area contributed by atoms with E-state index in [0.29, 0.717) is 16.1 Å². The number of fused-ring (bicyclic) bond motifs is 2. The average molecular weight is 1700 g/mol. The molecule has 1 aromatic heterocycles. The first kappa shape index (κ1) is 88.3. The molecular formula is C68H83Br2Cl2N5O25S3. The highest BCUT2D eigenvalue weighted by Crippen LogP contribution is 2.36. The highest BCUT2D eigenvalue weighted by molar-refractivity contribution is 9.10. The van der Waals surface area contributed by atoms with Crippen LogP contribution in [0.25, 0.3) is 55.5 Å². The minimum absolute atomic E-state index is 0. The predicted molar refractivity (Wildman–Crippen MR) is 394 cm³/mol. The first-order chi connectivity index (χ1) is 49.1. The van der Waals surface area contributed by atoms with E-state index in [1.54, 1.807) is 42.5 Å². The molecular weight excluding hydrogens is 1610 g/mol. The molecule has 576 valence electrons. The summed E-state index contributed by atoms with van der Waals surface area (Å²) in [6.45, 7) is -3.33. The van der Waals surface area contributed by atoms with Gasteiger partial charge in [0.15, 0.2) is 6.10 Å². The number of aliphatic hydroxyl groups excluding tert-OH is 16. The number of imidazole rings is 1. The molecule has 2 fully saturated rings.